The maximum atomic E-state index is 11.4. The van der Waals surface area contributed by atoms with E-state index in [0.717, 1.165) is 57.8 Å². The van der Waals surface area contributed by atoms with Gasteiger partial charge in [-0.15, -0.1) is 24.0 Å². The highest BCUT2D eigenvalue weighted by Crippen LogP contribution is 2.22. The van der Waals surface area contributed by atoms with Gasteiger partial charge in [0, 0.05) is 62.1 Å². The Morgan fingerprint density at radius 1 is 1.22 bits per heavy atom. The topological polar surface area (TPSA) is 89.6 Å². The number of guanidine groups is 1. The minimum absolute atomic E-state index is 0. The molecule has 0 atom stereocenters. The summed E-state index contributed by atoms with van der Waals surface area (Å²) in [7, 11) is -2.90. The number of fused-ring (bicyclic) bond motifs is 1. The lowest BCUT2D eigenvalue weighted by molar-refractivity contribution is 0.216. The van der Waals surface area contributed by atoms with Crippen LogP contribution in [-0.2, 0) is 22.7 Å². The molecule has 1 aromatic heterocycles. The molecule has 2 heterocycles. The van der Waals surface area contributed by atoms with Crippen LogP contribution in [0.2, 0.25) is 0 Å². The quantitative estimate of drug-likeness (QED) is 0.243. The van der Waals surface area contributed by atoms with Gasteiger partial charge in [-0.2, -0.15) is 0 Å². The van der Waals surface area contributed by atoms with Gasteiger partial charge in [0.2, 0.25) is 0 Å². The molecule has 1 saturated heterocycles. The van der Waals surface area contributed by atoms with E-state index in [4.69, 9.17) is 4.99 Å². The number of nitrogens with one attached hydrogen (secondary N) is 3. The van der Waals surface area contributed by atoms with Crippen LogP contribution in [0.25, 0.3) is 10.9 Å². The highest BCUT2D eigenvalue weighted by molar-refractivity contribution is 14.0. The Bertz CT molecular complexity index is 981. The van der Waals surface area contributed by atoms with Crippen LogP contribution in [0.1, 0.15) is 37.8 Å². The van der Waals surface area contributed by atoms with Crippen LogP contribution in [0.3, 0.4) is 0 Å². The van der Waals surface area contributed by atoms with E-state index in [0.29, 0.717) is 12.6 Å². The molecule has 1 aliphatic rings. The van der Waals surface area contributed by atoms with Crippen molar-refractivity contribution in [3.05, 3.63) is 35.5 Å². The third-order valence-electron chi connectivity index (χ3n) is 5.97. The minimum atomic E-state index is -2.90. The number of nitrogens with zero attached hydrogens (tertiary/aromatic N) is 2. The molecule has 0 aliphatic carbocycles. The highest BCUT2D eigenvalue weighted by atomic mass is 127. The zero-order valence-electron chi connectivity index (χ0n) is 19.5. The molecule has 0 radical (unpaired) electrons. The first-order chi connectivity index (χ1) is 14.9. The number of aromatic nitrogens is 1. The molecule has 1 fully saturated rings. The van der Waals surface area contributed by atoms with E-state index in [1.54, 1.807) is 0 Å². The molecule has 1 aliphatic heterocycles. The van der Waals surface area contributed by atoms with Crippen molar-refractivity contribution in [3.63, 3.8) is 0 Å². The number of aromatic amines is 1. The van der Waals surface area contributed by atoms with Gasteiger partial charge in [-0.05, 0) is 43.7 Å². The molecule has 0 saturated carbocycles. The molecule has 1 aromatic carbocycles. The first kappa shape index (κ1) is 26.9. The number of hydrogen-bond acceptors (Lipinski definition) is 4. The van der Waals surface area contributed by atoms with E-state index < -0.39 is 9.84 Å². The number of benzene rings is 1. The first-order valence-electron chi connectivity index (χ1n) is 11.4. The average molecular weight is 576 g/mol. The Morgan fingerprint density at radius 2 is 1.97 bits per heavy atom. The van der Waals surface area contributed by atoms with Crippen LogP contribution in [0.5, 0.6) is 0 Å². The number of halogens is 1. The average Bonchev–Trinajstić information content (AvgIpc) is 3.16. The normalized spacial score (nSPS) is 16.2. The van der Waals surface area contributed by atoms with Crippen LogP contribution in [0.15, 0.2) is 29.4 Å². The fourth-order valence-electron chi connectivity index (χ4n) is 4.17. The monoisotopic (exact) mass is 575 g/mol. The molecule has 7 nitrogen and oxygen atoms in total. The van der Waals surface area contributed by atoms with E-state index >= 15 is 0 Å². The second-order valence-electron chi connectivity index (χ2n) is 8.41. The summed E-state index contributed by atoms with van der Waals surface area (Å²) in [5.41, 5.74) is 3.91. The van der Waals surface area contributed by atoms with Crippen LogP contribution >= 0.6 is 24.0 Å². The minimum Gasteiger partial charge on any atom is -0.361 e. The van der Waals surface area contributed by atoms with Gasteiger partial charge in [-0.25, -0.2) is 8.42 Å². The van der Waals surface area contributed by atoms with Gasteiger partial charge < -0.3 is 20.5 Å². The van der Waals surface area contributed by atoms with Crippen LogP contribution < -0.4 is 10.6 Å². The molecule has 0 spiro atoms. The summed E-state index contributed by atoms with van der Waals surface area (Å²) in [6.07, 6.45) is 7.34. The molecule has 180 valence electrons. The van der Waals surface area contributed by atoms with Gasteiger partial charge in [-0.1, -0.05) is 25.1 Å². The maximum Gasteiger partial charge on any atom is 0.191 e. The van der Waals surface area contributed by atoms with E-state index in [1.807, 2.05) is 0 Å². The highest BCUT2D eigenvalue weighted by Gasteiger charge is 2.20. The molecular weight excluding hydrogens is 537 g/mol. The number of sulfone groups is 1. The second-order valence-corrected chi connectivity index (χ2v) is 10.7. The Kier molecular flexibility index (Phi) is 10.8. The number of aryl methyl sites for hydroxylation is 1. The summed E-state index contributed by atoms with van der Waals surface area (Å²) < 4.78 is 22.8. The Hall–Kier alpha value is -1.33. The largest absolute Gasteiger partial charge is 0.361 e. The zero-order chi connectivity index (χ0) is 22.3. The summed E-state index contributed by atoms with van der Waals surface area (Å²) in [4.78, 5) is 10.5. The zero-order valence-corrected chi connectivity index (χ0v) is 22.6. The summed E-state index contributed by atoms with van der Waals surface area (Å²) in [6, 6.07) is 6.87. The molecule has 9 heteroatoms. The SMILES string of the molecule is CCNC(=NCCc1c[nH]c2c(CC)cccc12)NC1CCN(CCS(C)(=O)=O)CC1.I. The smallest absolute Gasteiger partial charge is 0.191 e. The standard InChI is InChI=1S/C23H37N5O2S.HI/c1-4-18-7-6-8-21-19(17-26-22(18)21)9-12-25-23(24-5-2)27-20-10-13-28(14-11-20)15-16-31(3,29)30;/h6-8,17,20,26H,4-5,9-16H2,1-3H3,(H2,24,25,27);1H. The molecular formula is C23H38IN5O2S. The van der Waals surface area contributed by atoms with Crippen molar-refractivity contribution in [1.29, 1.82) is 0 Å². The van der Waals surface area contributed by atoms with Gasteiger partial charge in [0.25, 0.3) is 0 Å². The number of para-hydroxylation sites is 1. The number of piperidine rings is 1. The fraction of sp³-hybridized carbons (Fsp3) is 0.609. The molecule has 0 bridgehead atoms. The second kappa shape index (κ2) is 12.8. The molecule has 32 heavy (non-hydrogen) atoms. The van der Waals surface area contributed by atoms with Crippen molar-refractivity contribution >= 4 is 50.7 Å². The fourth-order valence-corrected chi connectivity index (χ4v) is 4.76. The van der Waals surface area contributed by atoms with Gasteiger partial charge in [-0.3, -0.25) is 4.99 Å². The third kappa shape index (κ3) is 7.91. The number of aliphatic imine (C=N–C) groups is 1. The Morgan fingerprint density at radius 3 is 2.62 bits per heavy atom. The van der Waals surface area contributed by atoms with Crippen LogP contribution in [0.4, 0.5) is 0 Å². The predicted molar refractivity (Wildman–Crippen MR) is 145 cm³/mol. The van der Waals surface area contributed by atoms with Crippen LogP contribution in [0, 0.1) is 0 Å². The van der Waals surface area contributed by atoms with Crippen molar-refractivity contribution in [2.75, 3.05) is 44.7 Å². The van der Waals surface area contributed by atoms with E-state index in [1.165, 1.54) is 28.3 Å². The number of rotatable bonds is 9. The van der Waals surface area contributed by atoms with Gasteiger partial charge >= 0.3 is 0 Å². The van der Waals surface area contributed by atoms with Crippen molar-refractivity contribution in [2.45, 2.75) is 45.6 Å². The van der Waals surface area contributed by atoms with Gasteiger partial charge in [0.15, 0.2) is 5.96 Å². The van der Waals surface area contributed by atoms with E-state index in [2.05, 4.69) is 58.8 Å². The van der Waals surface area contributed by atoms with Crippen molar-refractivity contribution in [3.8, 4) is 0 Å². The summed E-state index contributed by atoms with van der Waals surface area (Å²) in [5, 5.41) is 8.23. The van der Waals surface area contributed by atoms with Crippen molar-refractivity contribution < 1.29 is 8.42 Å². The Balaban J connectivity index is 0.00000363. The molecule has 0 unspecified atom stereocenters. The molecule has 3 N–H and O–H groups in total. The lowest BCUT2D eigenvalue weighted by Crippen LogP contribution is -2.49. The third-order valence-corrected chi connectivity index (χ3v) is 6.89. The summed E-state index contributed by atoms with van der Waals surface area (Å²) >= 11 is 0. The summed E-state index contributed by atoms with van der Waals surface area (Å²) in [6.45, 7) is 8.28. The van der Waals surface area contributed by atoms with E-state index in [-0.39, 0.29) is 29.7 Å². The van der Waals surface area contributed by atoms with Crippen LogP contribution in [-0.4, -0.2) is 75.0 Å². The molecule has 2 aromatic rings. The lowest BCUT2D eigenvalue weighted by atomic mass is 10.1. The van der Waals surface area contributed by atoms with Crippen molar-refractivity contribution in [1.82, 2.24) is 20.5 Å². The van der Waals surface area contributed by atoms with Gasteiger partial charge in [0.05, 0.1) is 5.75 Å². The summed E-state index contributed by atoms with van der Waals surface area (Å²) in [5.74, 6) is 1.11. The predicted octanol–water partition coefficient (Wildman–Crippen LogP) is 2.95. The Labute approximate surface area is 209 Å². The molecule has 3 rings (SSSR count). The van der Waals surface area contributed by atoms with Gasteiger partial charge in [0.1, 0.15) is 9.84 Å². The molecule has 0 amide bonds. The number of likely N-dealkylation sites (tertiary alicyclic amines) is 1. The van der Waals surface area contributed by atoms with Crippen molar-refractivity contribution in [2.24, 2.45) is 4.99 Å². The van der Waals surface area contributed by atoms with E-state index in [9.17, 15) is 8.42 Å². The lowest BCUT2D eigenvalue weighted by Gasteiger charge is -2.32. The first-order valence-corrected chi connectivity index (χ1v) is 13.5. The number of H-pyrrole nitrogens is 1. The maximum absolute atomic E-state index is 11.4. The number of hydrogen-bond donors (Lipinski definition) is 3.